The molecule has 134 valence electrons. The van der Waals surface area contributed by atoms with E-state index < -0.39 is 0 Å². The Hall–Kier alpha value is -2.40. The lowest BCUT2D eigenvalue weighted by Crippen LogP contribution is -2.33. The number of phenols is 1. The predicted molar refractivity (Wildman–Crippen MR) is 97.0 cm³/mol. The van der Waals surface area contributed by atoms with Crippen molar-refractivity contribution in [2.45, 2.75) is 18.9 Å². The molecule has 1 aliphatic rings. The summed E-state index contributed by atoms with van der Waals surface area (Å²) < 4.78 is 16.1. The molecule has 0 aliphatic carbocycles. The zero-order chi connectivity index (χ0) is 18.0. The van der Waals surface area contributed by atoms with E-state index in [-0.39, 0.29) is 11.8 Å². The van der Waals surface area contributed by atoms with Crippen LogP contribution in [0.2, 0.25) is 0 Å². The first kappa shape index (κ1) is 17.4. The van der Waals surface area contributed by atoms with Gasteiger partial charge in [0.25, 0.3) is 0 Å². The number of nitrogens with zero attached hydrogens (tertiary/aromatic N) is 1. The summed E-state index contributed by atoms with van der Waals surface area (Å²) in [4.78, 5) is 2.34. The van der Waals surface area contributed by atoms with Gasteiger partial charge in [0.15, 0.2) is 23.0 Å². The number of aromatic hydroxyl groups is 1. The second kappa shape index (κ2) is 7.23. The van der Waals surface area contributed by atoms with Crippen LogP contribution in [-0.4, -0.2) is 44.9 Å². The van der Waals surface area contributed by atoms with Gasteiger partial charge < -0.3 is 19.3 Å². The molecule has 1 aliphatic heterocycles. The minimum absolute atomic E-state index is 0.204. The van der Waals surface area contributed by atoms with E-state index in [0.29, 0.717) is 5.75 Å². The quantitative estimate of drug-likeness (QED) is 0.904. The molecule has 1 N–H and O–H groups in total. The predicted octanol–water partition coefficient (Wildman–Crippen LogP) is 3.19. The molecule has 0 saturated heterocycles. The van der Waals surface area contributed by atoms with Gasteiger partial charge in [-0.3, -0.25) is 4.90 Å². The molecule has 0 amide bonds. The van der Waals surface area contributed by atoms with E-state index in [0.717, 1.165) is 30.9 Å². The van der Waals surface area contributed by atoms with E-state index in [9.17, 15) is 5.11 Å². The molecule has 3 rings (SSSR count). The van der Waals surface area contributed by atoms with Gasteiger partial charge in [-0.25, -0.2) is 0 Å². The number of hydrogen-bond donors (Lipinski definition) is 1. The fraction of sp³-hybridized carbons (Fsp3) is 0.400. The third-order valence-corrected chi connectivity index (χ3v) is 4.94. The van der Waals surface area contributed by atoms with Gasteiger partial charge in [-0.15, -0.1) is 0 Å². The van der Waals surface area contributed by atoms with Crippen molar-refractivity contribution in [3.63, 3.8) is 0 Å². The molecular weight excluding hydrogens is 318 g/mol. The van der Waals surface area contributed by atoms with E-state index in [1.807, 2.05) is 24.3 Å². The number of likely N-dealkylation sites (N-methyl/N-ethyl adjacent to an activating group) is 1. The zero-order valence-electron chi connectivity index (χ0n) is 15.2. The summed E-state index contributed by atoms with van der Waals surface area (Å²) in [7, 11) is 7.00. The van der Waals surface area contributed by atoms with Gasteiger partial charge in [-0.05, 0) is 60.8 Å². The van der Waals surface area contributed by atoms with Crippen LogP contribution in [0.5, 0.6) is 23.0 Å². The number of methoxy groups -OCH3 is 3. The summed E-state index contributed by atoms with van der Waals surface area (Å²) in [6.07, 6.45) is 1.77. The van der Waals surface area contributed by atoms with Gasteiger partial charge in [0.05, 0.1) is 21.3 Å². The molecule has 1 atom stereocenters. The molecule has 0 fully saturated rings. The third kappa shape index (κ3) is 3.37. The summed E-state index contributed by atoms with van der Waals surface area (Å²) in [5.74, 6) is 2.19. The molecule has 25 heavy (non-hydrogen) atoms. The molecule has 0 aromatic heterocycles. The Bertz CT molecular complexity index is 760. The minimum Gasteiger partial charge on any atom is -0.504 e. The van der Waals surface area contributed by atoms with E-state index in [1.165, 1.54) is 16.7 Å². The van der Waals surface area contributed by atoms with Crippen molar-refractivity contribution in [3.05, 3.63) is 47.0 Å². The van der Waals surface area contributed by atoms with Crippen molar-refractivity contribution in [3.8, 4) is 23.0 Å². The molecule has 0 saturated carbocycles. The van der Waals surface area contributed by atoms with Gasteiger partial charge in [0, 0.05) is 12.6 Å². The van der Waals surface area contributed by atoms with E-state index >= 15 is 0 Å². The molecule has 1 heterocycles. The molecular formula is C20H25NO4. The van der Waals surface area contributed by atoms with Crippen LogP contribution < -0.4 is 14.2 Å². The van der Waals surface area contributed by atoms with Crippen molar-refractivity contribution in [1.82, 2.24) is 4.90 Å². The fourth-order valence-corrected chi connectivity index (χ4v) is 3.50. The summed E-state index contributed by atoms with van der Waals surface area (Å²) >= 11 is 0. The van der Waals surface area contributed by atoms with Gasteiger partial charge in [-0.1, -0.05) is 6.07 Å². The van der Waals surface area contributed by atoms with Crippen LogP contribution in [0.3, 0.4) is 0 Å². The summed E-state index contributed by atoms with van der Waals surface area (Å²) in [6.45, 7) is 0.955. The number of ether oxygens (including phenoxy) is 3. The summed E-state index contributed by atoms with van der Waals surface area (Å²) in [5, 5.41) is 10.1. The highest BCUT2D eigenvalue weighted by molar-refractivity contribution is 5.49. The van der Waals surface area contributed by atoms with E-state index in [2.05, 4.69) is 18.0 Å². The Morgan fingerprint density at radius 3 is 2.40 bits per heavy atom. The zero-order valence-corrected chi connectivity index (χ0v) is 15.2. The van der Waals surface area contributed by atoms with Crippen LogP contribution in [0.15, 0.2) is 30.3 Å². The van der Waals surface area contributed by atoms with Gasteiger partial charge in [0.2, 0.25) is 0 Å². The van der Waals surface area contributed by atoms with Crippen molar-refractivity contribution < 1.29 is 19.3 Å². The van der Waals surface area contributed by atoms with Crippen LogP contribution >= 0.6 is 0 Å². The standard InChI is InChI=1S/C20H25NO4/c1-21-8-7-14-11-17(22)19(24-3)12-15(14)16(21)9-13-5-6-18(23-2)20(10-13)25-4/h5-6,10-12,16,22H,7-9H2,1-4H3/t16-/m1/s1. The number of phenolic OH excluding ortho intramolecular Hbond substituents is 1. The molecule has 2 aromatic rings. The number of fused-ring (bicyclic) bond motifs is 1. The fourth-order valence-electron chi connectivity index (χ4n) is 3.50. The highest BCUT2D eigenvalue weighted by atomic mass is 16.5. The Labute approximate surface area is 148 Å². The summed E-state index contributed by atoms with van der Waals surface area (Å²) in [5.41, 5.74) is 3.56. The average molecular weight is 343 g/mol. The van der Waals surface area contributed by atoms with E-state index in [4.69, 9.17) is 14.2 Å². The minimum atomic E-state index is 0.204. The number of rotatable bonds is 5. The van der Waals surface area contributed by atoms with Crippen molar-refractivity contribution in [2.24, 2.45) is 0 Å². The lowest BCUT2D eigenvalue weighted by molar-refractivity contribution is 0.228. The second-order valence-corrected chi connectivity index (χ2v) is 6.36. The summed E-state index contributed by atoms with van der Waals surface area (Å²) in [6, 6.07) is 10.1. The average Bonchev–Trinajstić information content (AvgIpc) is 2.63. The lowest BCUT2D eigenvalue weighted by Gasteiger charge is -2.35. The molecule has 0 spiro atoms. The Morgan fingerprint density at radius 2 is 1.72 bits per heavy atom. The molecule has 2 aromatic carbocycles. The maximum Gasteiger partial charge on any atom is 0.160 e. The first-order valence-corrected chi connectivity index (χ1v) is 8.38. The maximum atomic E-state index is 10.1. The molecule has 0 radical (unpaired) electrons. The van der Waals surface area contributed by atoms with E-state index in [1.54, 1.807) is 21.3 Å². The first-order valence-electron chi connectivity index (χ1n) is 8.38. The van der Waals surface area contributed by atoms with Crippen LogP contribution in [0.25, 0.3) is 0 Å². The van der Waals surface area contributed by atoms with Gasteiger partial charge in [0.1, 0.15) is 0 Å². The topological polar surface area (TPSA) is 51.2 Å². The monoisotopic (exact) mass is 343 g/mol. The number of hydrogen-bond acceptors (Lipinski definition) is 5. The lowest BCUT2D eigenvalue weighted by atomic mass is 9.88. The third-order valence-electron chi connectivity index (χ3n) is 4.94. The molecule has 5 nitrogen and oxygen atoms in total. The van der Waals surface area contributed by atoms with Gasteiger partial charge >= 0.3 is 0 Å². The molecule has 0 unspecified atom stereocenters. The SMILES string of the molecule is COc1cc2c(cc1O)CCN(C)[C@@H]2Cc1ccc(OC)c(OC)c1. The van der Waals surface area contributed by atoms with Crippen molar-refractivity contribution in [1.29, 1.82) is 0 Å². The maximum absolute atomic E-state index is 10.1. The van der Waals surface area contributed by atoms with Crippen LogP contribution in [0, 0.1) is 0 Å². The normalized spacial score (nSPS) is 17.0. The Morgan fingerprint density at radius 1 is 1.00 bits per heavy atom. The number of benzene rings is 2. The van der Waals surface area contributed by atoms with Crippen molar-refractivity contribution >= 4 is 0 Å². The van der Waals surface area contributed by atoms with Crippen LogP contribution in [-0.2, 0) is 12.8 Å². The Kier molecular flexibility index (Phi) is 5.04. The second-order valence-electron chi connectivity index (χ2n) is 6.36. The van der Waals surface area contributed by atoms with Gasteiger partial charge in [-0.2, -0.15) is 0 Å². The highest BCUT2D eigenvalue weighted by Crippen LogP contribution is 2.39. The first-order chi connectivity index (χ1) is 12.1. The Balaban J connectivity index is 1.95. The highest BCUT2D eigenvalue weighted by Gasteiger charge is 2.27. The molecule has 5 heteroatoms. The molecule has 0 bridgehead atoms. The van der Waals surface area contributed by atoms with Crippen LogP contribution in [0.1, 0.15) is 22.7 Å². The largest absolute Gasteiger partial charge is 0.504 e. The smallest absolute Gasteiger partial charge is 0.160 e. The van der Waals surface area contributed by atoms with Crippen molar-refractivity contribution in [2.75, 3.05) is 34.9 Å². The van der Waals surface area contributed by atoms with Crippen LogP contribution in [0.4, 0.5) is 0 Å².